The first-order chi connectivity index (χ1) is 9.74. The number of aromatic nitrogens is 1. The van der Waals surface area contributed by atoms with Gasteiger partial charge in [0.1, 0.15) is 0 Å². The third-order valence-electron chi connectivity index (χ3n) is 4.09. The third kappa shape index (κ3) is 2.32. The van der Waals surface area contributed by atoms with Crippen LogP contribution in [0.2, 0.25) is 0 Å². The maximum absolute atomic E-state index is 4.98. The summed E-state index contributed by atoms with van der Waals surface area (Å²) in [4.78, 5) is 4.98. The Labute approximate surface area is 129 Å². The Morgan fingerprint density at radius 2 is 2.10 bits per heavy atom. The van der Waals surface area contributed by atoms with Crippen LogP contribution in [-0.2, 0) is 19.3 Å². The van der Waals surface area contributed by atoms with Crippen molar-refractivity contribution < 1.29 is 0 Å². The molecule has 1 aromatic heterocycles. The van der Waals surface area contributed by atoms with Crippen LogP contribution in [0.5, 0.6) is 0 Å². The molecule has 0 spiro atoms. The summed E-state index contributed by atoms with van der Waals surface area (Å²) in [7, 11) is 0. The van der Waals surface area contributed by atoms with Gasteiger partial charge in [-0.05, 0) is 55.4 Å². The Morgan fingerprint density at radius 3 is 2.85 bits per heavy atom. The van der Waals surface area contributed by atoms with Gasteiger partial charge >= 0.3 is 0 Å². The normalized spacial score (nSPS) is 13.8. The van der Waals surface area contributed by atoms with Crippen molar-refractivity contribution in [1.82, 2.24) is 4.98 Å². The van der Waals surface area contributed by atoms with Gasteiger partial charge in [0.05, 0.1) is 5.52 Å². The van der Waals surface area contributed by atoms with E-state index < -0.39 is 0 Å². The molecule has 1 heterocycles. The summed E-state index contributed by atoms with van der Waals surface area (Å²) in [5, 5.41) is 4.94. The highest BCUT2D eigenvalue weighted by atomic mass is 79.9. The van der Waals surface area contributed by atoms with Gasteiger partial charge in [-0.25, -0.2) is 0 Å². The van der Waals surface area contributed by atoms with Crippen molar-refractivity contribution in [1.29, 1.82) is 0 Å². The second-order valence-corrected chi connectivity index (χ2v) is 6.42. The van der Waals surface area contributed by atoms with Crippen molar-refractivity contribution >= 4 is 32.5 Å². The summed E-state index contributed by atoms with van der Waals surface area (Å²) in [6, 6.07) is 4.43. The van der Waals surface area contributed by atoms with Crippen molar-refractivity contribution in [2.75, 3.05) is 11.9 Å². The lowest BCUT2D eigenvalue weighted by Crippen LogP contribution is -2.06. The first-order valence-corrected chi connectivity index (χ1v) is 8.41. The Bertz CT molecular complexity index is 649. The Balaban J connectivity index is 2.28. The number of halogens is 1. The lowest BCUT2D eigenvalue weighted by Gasteiger charge is -2.16. The van der Waals surface area contributed by atoms with E-state index in [0.29, 0.717) is 0 Å². The van der Waals surface area contributed by atoms with Gasteiger partial charge < -0.3 is 5.32 Å². The Hall–Kier alpha value is -1.09. The van der Waals surface area contributed by atoms with E-state index in [4.69, 9.17) is 4.98 Å². The molecule has 0 saturated carbocycles. The molecule has 0 radical (unpaired) electrons. The number of nitrogens with one attached hydrogen (secondary N) is 1. The first kappa shape index (κ1) is 13.9. The van der Waals surface area contributed by atoms with Gasteiger partial charge in [0.25, 0.3) is 0 Å². The fraction of sp³-hybridized carbons (Fsp3) is 0.471. The molecular formula is C17H21BrN2. The SMILES string of the molecule is CCCNc1c2c(nc3c(CC)cc(Br)cc13)CCC2. The number of fused-ring (bicyclic) bond motifs is 2. The van der Waals surface area contributed by atoms with Crippen molar-refractivity contribution in [2.24, 2.45) is 0 Å². The third-order valence-corrected chi connectivity index (χ3v) is 4.55. The van der Waals surface area contributed by atoms with Crippen LogP contribution in [0.1, 0.15) is 43.5 Å². The van der Waals surface area contributed by atoms with E-state index in [9.17, 15) is 0 Å². The van der Waals surface area contributed by atoms with Gasteiger partial charge in [0.2, 0.25) is 0 Å². The van der Waals surface area contributed by atoms with Crippen LogP contribution < -0.4 is 5.32 Å². The number of rotatable bonds is 4. The largest absolute Gasteiger partial charge is 0.384 e. The smallest absolute Gasteiger partial charge is 0.0758 e. The molecule has 0 unspecified atom stereocenters. The van der Waals surface area contributed by atoms with Crippen LogP contribution >= 0.6 is 15.9 Å². The van der Waals surface area contributed by atoms with Gasteiger partial charge in [0, 0.05) is 27.8 Å². The molecule has 1 aliphatic carbocycles. The molecule has 3 rings (SSSR count). The molecule has 0 amide bonds. The predicted molar refractivity (Wildman–Crippen MR) is 89.6 cm³/mol. The second kappa shape index (κ2) is 5.72. The minimum Gasteiger partial charge on any atom is -0.384 e. The molecule has 0 bridgehead atoms. The van der Waals surface area contributed by atoms with E-state index in [0.717, 1.165) is 36.7 Å². The molecule has 1 aromatic carbocycles. The zero-order chi connectivity index (χ0) is 14.1. The molecule has 106 valence electrons. The lowest BCUT2D eigenvalue weighted by molar-refractivity contribution is 0.900. The monoisotopic (exact) mass is 332 g/mol. The summed E-state index contributed by atoms with van der Waals surface area (Å²) in [5.74, 6) is 0. The number of aryl methyl sites for hydroxylation is 2. The number of pyridine rings is 1. The summed E-state index contributed by atoms with van der Waals surface area (Å²) >= 11 is 3.65. The highest BCUT2D eigenvalue weighted by molar-refractivity contribution is 9.10. The van der Waals surface area contributed by atoms with E-state index in [-0.39, 0.29) is 0 Å². The number of benzene rings is 1. The highest BCUT2D eigenvalue weighted by Gasteiger charge is 2.20. The van der Waals surface area contributed by atoms with Crippen LogP contribution in [0, 0.1) is 0 Å². The summed E-state index contributed by atoms with van der Waals surface area (Å²) < 4.78 is 1.15. The first-order valence-electron chi connectivity index (χ1n) is 7.62. The number of hydrogen-bond acceptors (Lipinski definition) is 2. The molecule has 2 aromatic rings. The molecular weight excluding hydrogens is 312 g/mol. The van der Waals surface area contributed by atoms with E-state index in [1.54, 1.807) is 0 Å². The average Bonchev–Trinajstić information content (AvgIpc) is 2.91. The van der Waals surface area contributed by atoms with Crippen LogP contribution in [0.3, 0.4) is 0 Å². The molecule has 0 saturated heterocycles. The van der Waals surface area contributed by atoms with Crippen LogP contribution in [-0.4, -0.2) is 11.5 Å². The van der Waals surface area contributed by atoms with Crippen molar-refractivity contribution in [3.05, 3.63) is 33.4 Å². The minimum absolute atomic E-state index is 1.02. The second-order valence-electron chi connectivity index (χ2n) is 5.51. The highest BCUT2D eigenvalue weighted by Crippen LogP contribution is 2.36. The molecule has 20 heavy (non-hydrogen) atoms. The Kier molecular flexibility index (Phi) is 3.97. The number of nitrogens with zero attached hydrogens (tertiary/aromatic N) is 1. The van der Waals surface area contributed by atoms with E-state index in [2.05, 4.69) is 47.2 Å². The zero-order valence-electron chi connectivity index (χ0n) is 12.2. The lowest BCUT2D eigenvalue weighted by atomic mass is 10.0. The number of anilines is 1. The van der Waals surface area contributed by atoms with Gasteiger partial charge in [-0.3, -0.25) is 4.98 Å². The molecule has 3 heteroatoms. The number of hydrogen-bond donors (Lipinski definition) is 1. The average molecular weight is 333 g/mol. The van der Waals surface area contributed by atoms with E-state index in [1.165, 1.54) is 39.8 Å². The van der Waals surface area contributed by atoms with Gasteiger partial charge in [-0.1, -0.05) is 29.8 Å². The van der Waals surface area contributed by atoms with E-state index in [1.807, 2.05) is 0 Å². The fourth-order valence-electron chi connectivity index (χ4n) is 3.12. The molecule has 2 nitrogen and oxygen atoms in total. The standard InChI is InChI=1S/C17H21BrN2/c1-3-8-19-17-13-6-5-7-15(13)20-16-11(4-2)9-12(18)10-14(16)17/h9-10H,3-8H2,1-2H3,(H,19,20). The van der Waals surface area contributed by atoms with Gasteiger partial charge in [-0.2, -0.15) is 0 Å². The van der Waals surface area contributed by atoms with E-state index >= 15 is 0 Å². The van der Waals surface area contributed by atoms with Crippen molar-refractivity contribution in [3.63, 3.8) is 0 Å². The molecule has 0 aliphatic heterocycles. The molecule has 0 atom stereocenters. The molecule has 0 fully saturated rings. The van der Waals surface area contributed by atoms with Crippen LogP contribution in [0.15, 0.2) is 16.6 Å². The van der Waals surface area contributed by atoms with Gasteiger partial charge in [-0.15, -0.1) is 0 Å². The molecule has 1 N–H and O–H groups in total. The van der Waals surface area contributed by atoms with Crippen LogP contribution in [0.25, 0.3) is 10.9 Å². The minimum atomic E-state index is 1.02. The van der Waals surface area contributed by atoms with Crippen molar-refractivity contribution in [3.8, 4) is 0 Å². The Morgan fingerprint density at radius 1 is 1.25 bits per heavy atom. The topological polar surface area (TPSA) is 24.9 Å². The zero-order valence-corrected chi connectivity index (χ0v) is 13.8. The van der Waals surface area contributed by atoms with Crippen molar-refractivity contribution in [2.45, 2.75) is 46.0 Å². The summed E-state index contributed by atoms with van der Waals surface area (Å²) in [5.41, 5.74) is 6.62. The maximum atomic E-state index is 4.98. The van der Waals surface area contributed by atoms with Gasteiger partial charge in [0.15, 0.2) is 0 Å². The quantitative estimate of drug-likeness (QED) is 0.863. The predicted octanol–water partition coefficient (Wildman–Crippen LogP) is 4.87. The molecule has 1 aliphatic rings. The summed E-state index contributed by atoms with van der Waals surface area (Å²) in [6.45, 7) is 5.44. The van der Waals surface area contributed by atoms with Crippen LogP contribution in [0.4, 0.5) is 5.69 Å². The fourth-order valence-corrected chi connectivity index (χ4v) is 3.62. The summed E-state index contributed by atoms with van der Waals surface area (Å²) in [6.07, 6.45) is 5.70. The maximum Gasteiger partial charge on any atom is 0.0758 e.